The number of azo groups is 1. The predicted molar refractivity (Wildman–Crippen MR) is 70.8 cm³/mol. The molecule has 0 saturated carbocycles. The zero-order chi connectivity index (χ0) is 13.5. The van der Waals surface area contributed by atoms with Crippen LogP contribution in [0.25, 0.3) is 0 Å². The highest BCUT2D eigenvalue weighted by atomic mass is 16.5. The second kappa shape index (κ2) is 6.69. The highest BCUT2D eigenvalue weighted by Crippen LogP contribution is 2.18. The van der Waals surface area contributed by atoms with Gasteiger partial charge >= 0.3 is 5.97 Å². The molecule has 0 radical (unpaired) electrons. The first-order chi connectivity index (χ1) is 8.52. The first kappa shape index (κ1) is 14.1. The van der Waals surface area contributed by atoms with Crippen LogP contribution in [0, 0.1) is 13.8 Å². The van der Waals surface area contributed by atoms with Crippen LogP contribution in [-0.4, -0.2) is 12.6 Å². The second-order valence-corrected chi connectivity index (χ2v) is 4.01. The fourth-order valence-corrected chi connectivity index (χ4v) is 1.31. The summed E-state index contributed by atoms with van der Waals surface area (Å²) in [5.41, 5.74) is 3.67. The lowest BCUT2D eigenvalue weighted by molar-refractivity contribution is -0.137. The molecular formula is C14H18N2O2. The molecule has 0 aromatic heterocycles. The van der Waals surface area contributed by atoms with Crippen LogP contribution in [0.3, 0.4) is 0 Å². The number of carbonyl (C=O) groups is 1. The molecular weight excluding hydrogens is 228 g/mol. The van der Waals surface area contributed by atoms with Crippen LogP contribution in [-0.2, 0) is 9.53 Å². The van der Waals surface area contributed by atoms with Gasteiger partial charge < -0.3 is 4.74 Å². The number of allylic oxidation sites excluding steroid dienone is 1. The average molecular weight is 246 g/mol. The summed E-state index contributed by atoms with van der Waals surface area (Å²) in [6, 6.07) is 5.84. The van der Waals surface area contributed by atoms with Gasteiger partial charge in [-0.1, -0.05) is 6.07 Å². The van der Waals surface area contributed by atoms with Crippen molar-refractivity contribution in [1.82, 2.24) is 0 Å². The highest BCUT2D eigenvalue weighted by molar-refractivity contribution is 5.82. The van der Waals surface area contributed by atoms with Crippen molar-refractivity contribution in [3.8, 4) is 0 Å². The summed E-state index contributed by atoms with van der Waals surface area (Å²) in [4.78, 5) is 11.2. The molecule has 0 fully saturated rings. The minimum atomic E-state index is -0.394. The number of esters is 1. The number of ether oxygens (including phenoxy) is 1. The van der Waals surface area contributed by atoms with E-state index in [1.807, 2.05) is 32.0 Å². The molecule has 1 aromatic rings. The van der Waals surface area contributed by atoms with Gasteiger partial charge in [0.15, 0.2) is 0 Å². The molecule has 0 atom stereocenters. The molecule has 0 bridgehead atoms. The van der Waals surface area contributed by atoms with E-state index in [1.54, 1.807) is 13.8 Å². The lowest BCUT2D eigenvalue weighted by Gasteiger charge is -1.99. The topological polar surface area (TPSA) is 51.0 Å². The van der Waals surface area contributed by atoms with Crippen LogP contribution in [0.2, 0.25) is 0 Å². The Labute approximate surface area is 107 Å². The van der Waals surface area contributed by atoms with E-state index in [2.05, 4.69) is 10.2 Å². The van der Waals surface area contributed by atoms with Gasteiger partial charge in [-0.2, -0.15) is 10.2 Å². The fourth-order valence-electron chi connectivity index (χ4n) is 1.31. The fraction of sp³-hybridized carbons (Fsp3) is 0.357. The largest absolute Gasteiger partial charge is 0.463 e. The van der Waals surface area contributed by atoms with E-state index >= 15 is 0 Å². The maximum Gasteiger partial charge on any atom is 0.332 e. The first-order valence-electron chi connectivity index (χ1n) is 5.87. The normalized spacial score (nSPS) is 11.9. The van der Waals surface area contributed by atoms with Crippen molar-refractivity contribution in [1.29, 1.82) is 0 Å². The summed E-state index contributed by atoms with van der Waals surface area (Å²) < 4.78 is 4.78. The number of benzene rings is 1. The molecule has 0 aliphatic rings. The number of carbonyl (C=O) groups excluding carboxylic acids is 1. The zero-order valence-corrected chi connectivity index (χ0v) is 11.2. The quantitative estimate of drug-likeness (QED) is 0.460. The van der Waals surface area contributed by atoms with Gasteiger partial charge in [0.05, 0.1) is 18.0 Å². The third-order valence-electron chi connectivity index (χ3n) is 2.43. The molecule has 0 heterocycles. The third-order valence-corrected chi connectivity index (χ3v) is 2.43. The summed E-state index contributed by atoms with van der Waals surface area (Å²) in [6.45, 7) is 7.90. The summed E-state index contributed by atoms with van der Waals surface area (Å²) >= 11 is 0. The summed E-state index contributed by atoms with van der Waals surface area (Å²) in [7, 11) is 0. The third kappa shape index (κ3) is 4.49. The highest BCUT2D eigenvalue weighted by Gasteiger charge is 1.98. The van der Waals surface area contributed by atoms with E-state index in [0.29, 0.717) is 12.3 Å². The SMILES string of the molecule is CCOC(=O)/C=C(\C)N=Nc1ccc(C)c(C)c1. The summed E-state index contributed by atoms with van der Waals surface area (Å²) in [5, 5.41) is 8.04. The van der Waals surface area contributed by atoms with Gasteiger partial charge in [-0.05, 0) is 51.0 Å². The molecule has 0 spiro atoms. The van der Waals surface area contributed by atoms with Crippen LogP contribution in [0.15, 0.2) is 40.2 Å². The minimum Gasteiger partial charge on any atom is -0.463 e. The van der Waals surface area contributed by atoms with Gasteiger partial charge in [0.2, 0.25) is 0 Å². The number of aryl methyl sites for hydroxylation is 2. The van der Waals surface area contributed by atoms with Crippen molar-refractivity contribution in [3.05, 3.63) is 41.1 Å². The minimum absolute atomic E-state index is 0.358. The van der Waals surface area contributed by atoms with Crippen LogP contribution in [0.1, 0.15) is 25.0 Å². The number of hydrogen-bond acceptors (Lipinski definition) is 4. The Balaban J connectivity index is 2.74. The van der Waals surface area contributed by atoms with Crippen LogP contribution < -0.4 is 0 Å². The molecule has 1 rings (SSSR count). The number of hydrogen-bond donors (Lipinski definition) is 0. The zero-order valence-electron chi connectivity index (χ0n) is 11.2. The Morgan fingerprint density at radius 1 is 1.33 bits per heavy atom. The molecule has 96 valence electrons. The smallest absolute Gasteiger partial charge is 0.332 e. The van der Waals surface area contributed by atoms with Gasteiger partial charge in [0, 0.05) is 6.08 Å². The summed E-state index contributed by atoms with van der Waals surface area (Å²) in [5.74, 6) is -0.394. The molecule has 0 N–H and O–H groups in total. The van der Waals surface area contributed by atoms with E-state index < -0.39 is 5.97 Å². The van der Waals surface area contributed by atoms with Gasteiger partial charge in [-0.25, -0.2) is 4.79 Å². The monoisotopic (exact) mass is 246 g/mol. The van der Waals surface area contributed by atoms with E-state index in [9.17, 15) is 4.79 Å². The standard InChI is InChI=1S/C14H18N2O2/c1-5-18-14(17)9-12(4)15-16-13-7-6-10(2)11(3)8-13/h6-9H,5H2,1-4H3/b12-9+,16-15?. The van der Waals surface area contributed by atoms with Gasteiger partial charge in [0.25, 0.3) is 0 Å². The predicted octanol–water partition coefficient (Wildman–Crippen LogP) is 3.85. The molecule has 0 amide bonds. The second-order valence-electron chi connectivity index (χ2n) is 4.01. The van der Waals surface area contributed by atoms with Crippen molar-refractivity contribution in [2.45, 2.75) is 27.7 Å². The van der Waals surface area contributed by atoms with E-state index in [-0.39, 0.29) is 0 Å². The number of nitrogens with zero attached hydrogens (tertiary/aromatic N) is 2. The van der Waals surface area contributed by atoms with E-state index in [0.717, 1.165) is 5.69 Å². The van der Waals surface area contributed by atoms with Crippen molar-refractivity contribution in [2.24, 2.45) is 10.2 Å². The van der Waals surface area contributed by atoms with Crippen LogP contribution in [0.4, 0.5) is 5.69 Å². The Hall–Kier alpha value is -1.97. The van der Waals surface area contributed by atoms with E-state index in [4.69, 9.17) is 4.74 Å². The Kier molecular flexibility index (Phi) is 5.24. The maximum atomic E-state index is 11.2. The number of rotatable bonds is 4. The molecule has 18 heavy (non-hydrogen) atoms. The van der Waals surface area contributed by atoms with Crippen molar-refractivity contribution < 1.29 is 9.53 Å². The van der Waals surface area contributed by atoms with Crippen LogP contribution >= 0.6 is 0 Å². The van der Waals surface area contributed by atoms with Crippen molar-refractivity contribution in [2.75, 3.05) is 6.61 Å². The molecule has 0 aliphatic carbocycles. The van der Waals surface area contributed by atoms with Gasteiger partial charge in [0.1, 0.15) is 0 Å². The molecule has 4 nitrogen and oxygen atoms in total. The summed E-state index contributed by atoms with van der Waals surface area (Å²) in [6.07, 6.45) is 1.33. The average Bonchev–Trinajstić information content (AvgIpc) is 2.31. The van der Waals surface area contributed by atoms with Crippen LogP contribution in [0.5, 0.6) is 0 Å². The molecule has 4 heteroatoms. The first-order valence-corrected chi connectivity index (χ1v) is 5.87. The molecule has 0 saturated heterocycles. The Morgan fingerprint density at radius 2 is 2.06 bits per heavy atom. The van der Waals surface area contributed by atoms with Crippen molar-refractivity contribution >= 4 is 11.7 Å². The van der Waals surface area contributed by atoms with E-state index in [1.165, 1.54) is 17.2 Å². The molecule has 0 aliphatic heterocycles. The Bertz CT molecular complexity index is 491. The van der Waals surface area contributed by atoms with Crippen molar-refractivity contribution in [3.63, 3.8) is 0 Å². The molecule has 0 unspecified atom stereocenters. The Morgan fingerprint density at radius 3 is 2.67 bits per heavy atom. The molecule has 1 aromatic carbocycles. The lowest BCUT2D eigenvalue weighted by Crippen LogP contribution is -1.99. The van der Waals surface area contributed by atoms with Gasteiger partial charge in [-0.3, -0.25) is 0 Å². The lowest BCUT2D eigenvalue weighted by atomic mass is 10.1. The van der Waals surface area contributed by atoms with Gasteiger partial charge in [-0.15, -0.1) is 0 Å². The maximum absolute atomic E-state index is 11.2.